The van der Waals surface area contributed by atoms with E-state index in [9.17, 15) is 9.59 Å². The summed E-state index contributed by atoms with van der Waals surface area (Å²) < 4.78 is 1.67. The second kappa shape index (κ2) is 8.78. The summed E-state index contributed by atoms with van der Waals surface area (Å²) in [5, 5.41) is 10.4. The van der Waals surface area contributed by atoms with Crippen molar-refractivity contribution in [2.24, 2.45) is 7.05 Å². The number of rotatable bonds is 5. The number of likely N-dealkylation sites (tertiary alicyclic amines) is 1. The Balaban J connectivity index is 1.51. The lowest BCUT2D eigenvalue weighted by Crippen LogP contribution is -2.48. The summed E-state index contributed by atoms with van der Waals surface area (Å²) in [5.41, 5.74) is 1.26. The van der Waals surface area contributed by atoms with Gasteiger partial charge in [0.2, 0.25) is 11.8 Å². The molecule has 29 heavy (non-hydrogen) atoms. The summed E-state index contributed by atoms with van der Waals surface area (Å²) in [6.07, 6.45) is 7.10. The van der Waals surface area contributed by atoms with Crippen LogP contribution in [-0.4, -0.2) is 51.2 Å². The first kappa shape index (κ1) is 19.6. The van der Waals surface area contributed by atoms with Crippen molar-refractivity contribution in [1.29, 1.82) is 0 Å². The Morgan fingerprint density at radius 3 is 2.83 bits per heavy atom. The third-order valence-corrected chi connectivity index (χ3v) is 6.01. The molecule has 1 aromatic carbocycles. The average Bonchev–Trinajstić information content (AvgIpc) is 3.21. The van der Waals surface area contributed by atoms with E-state index in [-0.39, 0.29) is 29.9 Å². The quantitative estimate of drug-likeness (QED) is 0.813. The van der Waals surface area contributed by atoms with Gasteiger partial charge in [-0.15, -0.1) is 0 Å². The van der Waals surface area contributed by atoms with Gasteiger partial charge in [0.05, 0.1) is 6.54 Å². The number of benzene rings is 1. The highest BCUT2D eigenvalue weighted by Gasteiger charge is 2.42. The molecule has 0 saturated carbocycles. The summed E-state index contributed by atoms with van der Waals surface area (Å²) in [6.45, 7) is 0.311. The molecule has 2 fully saturated rings. The highest BCUT2D eigenvalue weighted by molar-refractivity contribution is 5.91. The first-order valence-electron chi connectivity index (χ1n) is 10.5. The van der Waals surface area contributed by atoms with Crippen LogP contribution in [0.15, 0.2) is 42.6 Å². The van der Waals surface area contributed by atoms with E-state index < -0.39 is 0 Å². The Morgan fingerprint density at radius 1 is 1.24 bits per heavy atom. The fraction of sp³-hybridized carbons (Fsp3) is 0.500. The molecule has 2 saturated heterocycles. The Bertz CT molecular complexity index is 850. The Morgan fingerprint density at radius 2 is 2.07 bits per heavy atom. The number of fused-ring (bicyclic) bond motifs is 1. The van der Waals surface area contributed by atoms with Crippen LogP contribution < -0.4 is 10.6 Å². The van der Waals surface area contributed by atoms with Crippen LogP contribution in [0.3, 0.4) is 0 Å². The number of hydrogen-bond acceptors (Lipinski definition) is 4. The van der Waals surface area contributed by atoms with Crippen molar-refractivity contribution < 1.29 is 9.59 Å². The molecule has 3 heterocycles. The number of amides is 2. The summed E-state index contributed by atoms with van der Waals surface area (Å²) >= 11 is 0. The van der Waals surface area contributed by atoms with E-state index in [4.69, 9.17) is 0 Å². The summed E-state index contributed by atoms with van der Waals surface area (Å²) in [6, 6.07) is 12.7. The van der Waals surface area contributed by atoms with Gasteiger partial charge in [0.15, 0.2) is 5.82 Å². The smallest absolute Gasteiger partial charge is 0.239 e. The summed E-state index contributed by atoms with van der Waals surface area (Å²) in [4.78, 5) is 27.3. The molecule has 7 nitrogen and oxygen atoms in total. The summed E-state index contributed by atoms with van der Waals surface area (Å²) in [7, 11) is 1.83. The fourth-order valence-electron chi connectivity index (χ4n) is 4.69. The zero-order valence-corrected chi connectivity index (χ0v) is 16.9. The number of carbonyl (C=O) groups is 2. The van der Waals surface area contributed by atoms with Crippen LogP contribution in [0, 0.1) is 0 Å². The van der Waals surface area contributed by atoms with E-state index in [1.54, 1.807) is 10.7 Å². The molecule has 3 atom stereocenters. The SMILES string of the molecule is Cn1ccc(NC(=O)CN2[C@H](Cc3ccccc3)C[C@H]3NC(=O)CCCC[C@@H]32)n1. The van der Waals surface area contributed by atoms with Crippen LogP contribution in [0.2, 0.25) is 0 Å². The van der Waals surface area contributed by atoms with Crippen LogP contribution in [0.4, 0.5) is 5.82 Å². The Labute approximate surface area is 171 Å². The van der Waals surface area contributed by atoms with Gasteiger partial charge in [-0.3, -0.25) is 19.2 Å². The molecule has 2 aliphatic rings. The molecule has 2 aromatic rings. The number of carbonyl (C=O) groups excluding carboxylic acids is 2. The van der Waals surface area contributed by atoms with Gasteiger partial charge >= 0.3 is 0 Å². The Kier molecular flexibility index (Phi) is 5.94. The maximum atomic E-state index is 12.8. The van der Waals surface area contributed by atoms with Gasteiger partial charge in [0.25, 0.3) is 0 Å². The van der Waals surface area contributed by atoms with Crippen molar-refractivity contribution in [1.82, 2.24) is 20.0 Å². The molecule has 0 spiro atoms. The normalized spacial score (nSPS) is 25.0. The minimum atomic E-state index is -0.0594. The topological polar surface area (TPSA) is 79.3 Å². The van der Waals surface area contributed by atoms with Gasteiger partial charge in [0.1, 0.15) is 0 Å². The van der Waals surface area contributed by atoms with E-state index in [1.807, 2.05) is 31.4 Å². The number of aryl methyl sites for hydroxylation is 1. The van der Waals surface area contributed by atoms with E-state index >= 15 is 0 Å². The van der Waals surface area contributed by atoms with Crippen LogP contribution in [0.1, 0.15) is 37.7 Å². The van der Waals surface area contributed by atoms with Crippen LogP contribution >= 0.6 is 0 Å². The van der Waals surface area contributed by atoms with Crippen molar-refractivity contribution in [3.8, 4) is 0 Å². The van der Waals surface area contributed by atoms with Crippen LogP contribution in [0.5, 0.6) is 0 Å². The summed E-state index contributed by atoms with van der Waals surface area (Å²) in [5.74, 6) is 0.646. The molecule has 0 bridgehead atoms. The molecular weight excluding hydrogens is 366 g/mol. The number of nitrogens with zero attached hydrogens (tertiary/aromatic N) is 3. The number of anilines is 1. The van der Waals surface area contributed by atoms with Gasteiger partial charge in [-0.05, 0) is 31.2 Å². The lowest BCUT2D eigenvalue weighted by Gasteiger charge is -2.32. The molecule has 2 N–H and O–H groups in total. The van der Waals surface area contributed by atoms with Gasteiger partial charge < -0.3 is 10.6 Å². The molecule has 2 aliphatic heterocycles. The zero-order chi connectivity index (χ0) is 20.2. The lowest BCUT2D eigenvalue weighted by atomic mass is 9.97. The third-order valence-electron chi connectivity index (χ3n) is 6.01. The van der Waals surface area contributed by atoms with E-state index in [0.29, 0.717) is 18.8 Å². The highest BCUT2D eigenvalue weighted by Crippen LogP contribution is 2.31. The fourth-order valence-corrected chi connectivity index (χ4v) is 4.69. The molecule has 1 aromatic heterocycles. The molecule has 4 rings (SSSR count). The predicted octanol–water partition coefficient (Wildman–Crippen LogP) is 2.10. The lowest BCUT2D eigenvalue weighted by molar-refractivity contribution is -0.122. The third kappa shape index (κ3) is 4.85. The second-order valence-corrected chi connectivity index (χ2v) is 8.16. The minimum Gasteiger partial charge on any atom is -0.352 e. The second-order valence-electron chi connectivity index (χ2n) is 8.16. The number of hydrogen-bond donors (Lipinski definition) is 2. The predicted molar refractivity (Wildman–Crippen MR) is 111 cm³/mol. The van der Waals surface area contributed by atoms with Gasteiger partial charge in [-0.25, -0.2) is 0 Å². The number of nitrogens with one attached hydrogen (secondary N) is 2. The number of aromatic nitrogens is 2. The average molecular weight is 396 g/mol. The Hall–Kier alpha value is -2.67. The van der Waals surface area contributed by atoms with Crippen LogP contribution in [0.25, 0.3) is 0 Å². The van der Waals surface area contributed by atoms with E-state index in [2.05, 4.69) is 32.8 Å². The largest absolute Gasteiger partial charge is 0.352 e. The maximum absolute atomic E-state index is 12.8. The standard InChI is InChI=1S/C22H29N5O2/c1-26-12-11-20(25-26)24-22(29)15-27-17(13-16-7-3-2-4-8-16)14-18-19(27)9-5-6-10-21(28)23-18/h2-4,7-8,11-12,17-19H,5-6,9-10,13-15H2,1H3,(H,23,28)(H,24,25,29)/t17-,18-,19+/m1/s1. The molecule has 7 heteroatoms. The van der Waals surface area contributed by atoms with Gasteiger partial charge in [-0.1, -0.05) is 36.8 Å². The van der Waals surface area contributed by atoms with Gasteiger partial charge in [0, 0.05) is 43.9 Å². The van der Waals surface area contributed by atoms with Crippen LogP contribution in [-0.2, 0) is 23.1 Å². The molecule has 0 radical (unpaired) electrons. The maximum Gasteiger partial charge on any atom is 0.239 e. The van der Waals surface area contributed by atoms with Crippen molar-refractivity contribution in [2.75, 3.05) is 11.9 Å². The molecule has 0 unspecified atom stereocenters. The highest BCUT2D eigenvalue weighted by atomic mass is 16.2. The van der Waals surface area contributed by atoms with Crippen molar-refractivity contribution in [3.05, 3.63) is 48.2 Å². The van der Waals surface area contributed by atoms with E-state index in [0.717, 1.165) is 32.1 Å². The monoisotopic (exact) mass is 395 g/mol. The zero-order valence-electron chi connectivity index (χ0n) is 16.9. The molecular formula is C22H29N5O2. The molecule has 0 aliphatic carbocycles. The minimum absolute atomic E-state index is 0.0594. The van der Waals surface area contributed by atoms with E-state index in [1.165, 1.54) is 5.56 Å². The first-order valence-corrected chi connectivity index (χ1v) is 10.5. The molecule has 2 amide bonds. The van der Waals surface area contributed by atoms with Crippen molar-refractivity contribution in [3.63, 3.8) is 0 Å². The first-order chi connectivity index (χ1) is 14.1. The van der Waals surface area contributed by atoms with Crippen molar-refractivity contribution >= 4 is 17.6 Å². The van der Waals surface area contributed by atoms with Crippen molar-refractivity contribution in [2.45, 2.75) is 56.7 Å². The molecule has 154 valence electrons. The van der Waals surface area contributed by atoms with Gasteiger partial charge in [-0.2, -0.15) is 5.10 Å².